The summed E-state index contributed by atoms with van der Waals surface area (Å²) in [6.07, 6.45) is 10.6. The van der Waals surface area contributed by atoms with Crippen LogP contribution in [0, 0.1) is 39.5 Å². The van der Waals surface area contributed by atoms with Gasteiger partial charge in [0.1, 0.15) is 29.0 Å². The van der Waals surface area contributed by atoms with Crippen molar-refractivity contribution in [3.05, 3.63) is 133 Å². The van der Waals surface area contributed by atoms with E-state index < -0.39 is 13.8 Å². The van der Waals surface area contributed by atoms with E-state index in [0.29, 0.717) is 69.1 Å². The summed E-state index contributed by atoms with van der Waals surface area (Å²) in [6, 6.07) is 15.2. The van der Waals surface area contributed by atoms with Crippen molar-refractivity contribution in [1.29, 1.82) is 0 Å². The SMILES string of the molecule is CCN(CC)CC.CN=C(O[n+]1[nH]nc2cccnc21)N(C)C.COC(C1CC1)C(C)n1c(C)c(C(=O)O)c2cccnc21.COc1cc(C)[nH]c(=O)c1CCC(=O)c1c(C)n(C(C)C(OC)C2CC2)c2ncccc12.COc1cc(C)[nH]c(=O)c1CN.Cl.F[P-](F)(F)(F)(F)F. The van der Waals surface area contributed by atoms with E-state index in [1.807, 2.05) is 62.8 Å². The average Bonchev–Trinajstić information content (AvgIpc) is 1.64. The van der Waals surface area contributed by atoms with Gasteiger partial charge in [-0.15, -0.1) is 17.4 Å². The van der Waals surface area contributed by atoms with Gasteiger partial charge >= 0.3 is 50.6 Å². The van der Waals surface area contributed by atoms with E-state index in [2.05, 4.69) is 84.3 Å². The third kappa shape index (κ3) is 22.3. The van der Waals surface area contributed by atoms with Gasteiger partial charge in [-0.25, -0.2) is 19.8 Å². The average molecular weight is 1400 g/mol. The number of aliphatic imine (C=N–C) groups is 1. The number of aromatic amines is 3. The number of aromatic carboxylic acids is 1. The molecule has 4 atom stereocenters. The fourth-order valence-electron chi connectivity index (χ4n) is 11.3. The van der Waals surface area contributed by atoms with Crippen molar-refractivity contribution in [2.24, 2.45) is 22.6 Å². The fourth-order valence-corrected chi connectivity index (χ4v) is 11.3. The van der Waals surface area contributed by atoms with Crippen molar-refractivity contribution in [3.8, 4) is 11.5 Å². The van der Waals surface area contributed by atoms with Crippen molar-refractivity contribution >= 4 is 71.2 Å². The first-order valence-electron chi connectivity index (χ1n) is 30.9. The molecular weight excluding hydrogens is 1310 g/mol. The summed E-state index contributed by atoms with van der Waals surface area (Å²) in [7, 11) is 1.23. The second-order valence-electron chi connectivity index (χ2n) is 23.0. The van der Waals surface area contributed by atoms with Crippen LogP contribution in [0.2, 0.25) is 0 Å². The topological polar surface area (TPSA) is 292 Å². The summed E-state index contributed by atoms with van der Waals surface area (Å²) in [5.41, 5.74) is 13.0. The van der Waals surface area contributed by atoms with E-state index in [1.165, 1.54) is 64.4 Å². The van der Waals surface area contributed by atoms with E-state index in [9.17, 15) is 49.5 Å². The van der Waals surface area contributed by atoms with Gasteiger partial charge in [-0.2, -0.15) is 0 Å². The monoisotopic (exact) mass is 1400 g/mol. The van der Waals surface area contributed by atoms with E-state index >= 15 is 0 Å². The van der Waals surface area contributed by atoms with Crippen molar-refractivity contribution in [3.63, 3.8) is 0 Å². The van der Waals surface area contributed by atoms with Gasteiger partial charge in [-0.1, -0.05) is 26.0 Å². The van der Waals surface area contributed by atoms with Crippen LogP contribution in [0.5, 0.6) is 11.5 Å². The van der Waals surface area contributed by atoms with Crippen LogP contribution in [0.3, 0.4) is 0 Å². The Kier molecular flexibility index (Phi) is 28.7. The quantitative estimate of drug-likeness (QED) is 0.0118. The number of pyridine rings is 5. The molecule has 4 unspecified atom stereocenters. The molecule has 6 N–H and O–H groups in total. The second kappa shape index (κ2) is 34.3. The van der Waals surface area contributed by atoms with E-state index in [0.717, 1.165) is 45.0 Å². The maximum atomic E-state index is 13.4. The molecule has 24 nitrogen and oxygen atoms in total. The van der Waals surface area contributed by atoms with Crippen LogP contribution in [-0.4, -0.2) is 158 Å². The Morgan fingerprint density at radius 2 is 1.16 bits per heavy atom. The van der Waals surface area contributed by atoms with E-state index in [4.69, 9.17) is 29.5 Å². The predicted molar refractivity (Wildman–Crippen MR) is 362 cm³/mol. The van der Waals surface area contributed by atoms with Gasteiger partial charge < -0.3 is 58.7 Å². The number of carbonyl (C=O) groups is 2. The van der Waals surface area contributed by atoms with Gasteiger partial charge in [0.2, 0.25) is 5.52 Å². The number of aromatic nitrogens is 10. The number of halogens is 7. The summed E-state index contributed by atoms with van der Waals surface area (Å²) >= 11 is 0. The number of ketones is 1. The Morgan fingerprint density at radius 3 is 1.55 bits per heavy atom. The third-order valence-corrected chi connectivity index (χ3v) is 16.0. The van der Waals surface area contributed by atoms with Gasteiger partial charge in [0.05, 0.1) is 55.2 Å². The third-order valence-electron chi connectivity index (χ3n) is 16.0. The molecule has 8 aromatic rings. The first kappa shape index (κ1) is 80.4. The number of carbonyl (C=O) groups excluding carboxylic acids is 1. The molecule has 2 aliphatic carbocycles. The van der Waals surface area contributed by atoms with Gasteiger partial charge in [-0.3, -0.25) is 19.2 Å². The molecule has 32 heteroatoms. The van der Waals surface area contributed by atoms with Gasteiger partial charge in [0.25, 0.3) is 11.1 Å². The molecule has 96 heavy (non-hydrogen) atoms. The predicted octanol–water partition coefficient (Wildman–Crippen LogP) is 11.7. The number of carboxylic acid groups (broad SMARTS) is 1. The Labute approximate surface area is 559 Å². The molecule has 10 rings (SSSR count). The molecule has 0 aliphatic heterocycles. The molecule has 0 radical (unpaired) electrons. The number of rotatable bonds is 20. The number of amidine groups is 1. The number of carboxylic acids is 1. The number of methoxy groups -OCH3 is 4. The summed E-state index contributed by atoms with van der Waals surface area (Å²) in [6.45, 7) is 22.0. The van der Waals surface area contributed by atoms with Crippen LogP contribution in [0.1, 0.15) is 133 Å². The molecule has 2 fully saturated rings. The van der Waals surface area contributed by atoms with Gasteiger partial charge in [0.15, 0.2) is 5.78 Å². The first-order chi connectivity index (χ1) is 44.6. The molecule has 0 bridgehead atoms. The number of hydrogen-bond acceptors (Lipinski definition) is 16. The number of nitrogens with one attached hydrogen (secondary N) is 3. The number of nitrogens with zero attached hydrogens (tertiary/aromatic N) is 10. The summed E-state index contributed by atoms with van der Waals surface area (Å²) in [4.78, 5) is 82.3. The minimum absolute atomic E-state index is 0. The molecule has 0 spiro atoms. The molecule has 2 aliphatic rings. The van der Waals surface area contributed by atoms with Crippen LogP contribution in [0.25, 0.3) is 33.2 Å². The standard InChI is InChI=1S/C25H31N3O4.C16H20N2O3.C9H12N6O.C8H12N2O2.C6H15N.ClH.F6P/c1-14-13-21(31-4)18(25(30)27-14)10-11-20(29)22-15(2)28(24-19(22)7-6-12-26-24)16(3)23(32-5)17-8-9-17;1-9-13(16(19)20)12-5-4-8-17-15(12)18(9)10(2)14(21-3)11-6-7-11;1-10-9(14(2)3)16-15-8-7(12-13-15)5-4-6-11-8;1-5-3-7(12-2)6(4-9)8(11)10-5;1-4-7(5-2)6-3;;1-7(2,3,4,5)6/h6-7,12-13,16-17,23H,8-11H2,1-5H3,(H,27,30);4-5,8,10-11,14H,6-7H2,1-3H3,(H,19,20);4-6H,1-3H3;3H,4,9H2,1-2H3,(H,10,11);4-6H2,1-3H3;1H;/q;;;;;;-1/p+1. The zero-order chi connectivity index (χ0) is 70.9. The van der Waals surface area contributed by atoms with Crippen molar-refractivity contribution in [1.82, 2.24) is 54.2 Å². The zero-order valence-electron chi connectivity index (χ0n) is 57.2. The van der Waals surface area contributed by atoms with Gasteiger partial charge in [0, 0.05) is 105 Å². The Hall–Kier alpha value is -8.02. The Morgan fingerprint density at radius 1 is 0.729 bits per heavy atom. The first-order valence-corrected chi connectivity index (χ1v) is 33.0. The normalized spacial score (nSPS) is 14.8. The molecule has 532 valence electrons. The zero-order valence-corrected chi connectivity index (χ0v) is 58.9. The number of fused-ring (bicyclic) bond motifs is 3. The maximum absolute atomic E-state index is 13.4. The van der Waals surface area contributed by atoms with E-state index in [-0.39, 0.29) is 66.6 Å². The van der Waals surface area contributed by atoms with Crippen molar-refractivity contribution in [2.75, 3.05) is 69.2 Å². The number of hydrogen-bond donors (Lipinski definition) is 5. The van der Waals surface area contributed by atoms with Crippen LogP contribution in [-0.2, 0) is 22.4 Å². The summed E-state index contributed by atoms with van der Waals surface area (Å²) in [5, 5.41) is 17.8. The molecule has 8 heterocycles. The fraction of sp³-hybridized carbons (Fsp3) is 0.500. The molecule has 8 aromatic heterocycles. The molecule has 0 aromatic carbocycles. The van der Waals surface area contributed by atoms with Crippen molar-refractivity contribution in [2.45, 2.75) is 132 Å². The van der Waals surface area contributed by atoms with E-state index in [1.54, 1.807) is 76.8 Å². The Bertz CT molecular complexity index is 4020. The number of Topliss-reactive ketones (excluding diaryl/α,β-unsaturated/α-hetero) is 1. The molecule has 0 saturated heterocycles. The molecular formula is C64H92ClF6N14O10P. The van der Waals surface area contributed by atoms with Crippen LogP contribution < -0.4 is 36.0 Å². The summed E-state index contributed by atoms with van der Waals surface area (Å²) < 4.78 is 85.2. The number of ether oxygens (including phenoxy) is 4. The van der Waals surface area contributed by atoms with Crippen molar-refractivity contribution < 1.29 is 68.5 Å². The summed E-state index contributed by atoms with van der Waals surface area (Å²) in [5.74, 6) is 1.28. The minimum atomic E-state index is -10.7. The number of nitrogens with two attached hydrogens (primary N) is 1. The molecule has 2 saturated carbocycles. The molecule has 0 amide bonds. The number of H-pyrrole nitrogens is 3. The Balaban J connectivity index is 0.000000266. The van der Waals surface area contributed by atoms with Gasteiger partial charge in [-0.05, 0) is 159 Å². The van der Waals surface area contributed by atoms with Crippen LogP contribution >= 0.6 is 20.2 Å². The number of aryl methyl sites for hydroxylation is 2. The van der Waals surface area contributed by atoms with Crippen LogP contribution in [0.4, 0.5) is 25.2 Å². The second-order valence-corrected chi connectivity index (χ2v) is 24.9. The van der Waals surface area contributed by atoms with Crippen LogP contribution in [0.15, 0.2) is 81.7 Å².